The number of hydrogen-bond acceptors (Lipinski definition) is 4. The molecule has 6 heteroatoms. The smallest absolute Gasteiger partial charge is 0.258 e. The van der Waals surface area contributed by atoms with E-state index in [2.05, 4.69) is 10.6 Å². The minimum Gasteiger partial charge on any atom is -0.484 e. The second-order valence-corrected chi connectivity index (χ2v) is 4.91. The highest BCUT2D eigenvalue weighted by Crippen LogP contribution is 2.23. The minimum atomic E-state index is -0.356. The molecule has 0 heterocycles. The van der Waals surface area contributed by atoms with Crippen molar-refractivity contribution in [2.24, 2.45) is 0 Å². The van der Waals surface area contributed by atoms with Crippen LogP contribution >= 0.6 is 0 Å². The molecule has 6 nitrogen and oxygen atoms in total. The molecular weight excluding hydrogens is 308 g/mol. The number of likely N-dealkylation sites (N-methyl/N-ethyl adjacent to an activating group) is 1. The molecule has 24 heavy (non-hydrogen) atoms. The minimum absolute atomic E-state index is 0.0557. The van der Waals surface area contributed by atoms with Gasteiger partial charge in [0.25, 0.3) is 5.91 Å². The van der Waals surface area contributed by atoms with Gasteiger partial charge < -0.3 is 20.1 Å². The number of carbonyl (C=O) groups is 2. The number of rotatable bonds is 8. The topological polar surface area (TPSA) is 76.7 Å². The first-order valence-electron chi connectivity index (χ1n) is 7.66. The van der Waals surface area contributed by atoms with Crippen molar-refractivity contribution in [2.45, 2.75) is 6.92 Å². The van der Waals surface area contributed by atoms with Crippen molar-refractivity contribution < 1.29 is 19.1 Å². The number of hydrogen-bond donors (Lipinski definition) is 2. The molecule has 2 aromatic carbocycles. The molecule has 0 saturated heterocycles. The Morgan fingerprint density at radius 2 is 1.46 bits per heavy atom. The van der Waals surface area contributed by atoms with Crippen molar-refractivity contribution in [3.05, 3.63) is 54.6 Å². The van der Waals surface area contributed by atoms with Gasteiger partial charge in [-0.2, -0.15) is 0 Å². The van der Waals surface area contributed by atoms with Gasteiger partial charge in [-0.1, -0.05) is 18.2 Å². The molecule has 0 unspecified atom stereocenters. The Bertz CT molecular complexity index is 656. The second kappa shape index (κ2) is 9.19. The molecule has 0 bridgehead atoms. The first kappa shape index (κ1) is 17.3. The Balaban J connectivity index is 1.75. The maximum Gasteiger partial charge on any atom is 0.258 e. The Morgan fingerprint density at radius 3 is 2.12 bits per heavy atom. The number of benzene rings is 2. The monoisotopic (exact) mass is 328 g/mol. The molecule has 2 N–H and O–H groups in total. The van der Waals surface area contributed by atoms with Gasteiger partial charge in [-0.3, -0.25) is 9.59 Å². The zero-order chi connectivity index (χ0) is 17.2. The summed E-state index contributed by atoms with van der Waals surface area (Å²) in [4.78, 5) is 22.8. The maximum absolute atomic E-state index is 11.6. The fraction of sp³-hybridized carbons (Fsp3) is 0.222. The lowest BCUT2D eigenvalue weighted by Crippen LogP contribution is -2.38. The molecule has 0 aromatic heterocycles. The van der Waals surface area contributed by atoms with Crippen LogP contribution in [0.25, 0.3) is 0 Å². The summed E-state index contributed by atoms with van der Waals surface area (Å²) in [7, 11) is 0. The third kappa shape index (κ3) is 6.00. The van der Waals surface area contributed by atoms with Gasteiger partial charge in [-0.05, 0) is 43.3 Å². The third-order valence-corrected chi connectivity index (χ3v) is 2.99. The van der Waals surface area contributed by atoms with Crippen molar-refractivity contribution in [1.82, 2.24) is 10.6 Å². The molecule has 0 aliphatic heterocycles. The third-order valence-electron chi connectivity index (χ3n) is 2.99. The van der Waals surface area contributed by atoms with Crippen LogP contribution in [0.15, 0.2) is 54.6 Å². The van der Waals surface area contributed by atoms with E-state index >= 15 is 0 Å². The lowest BCUT2D eigenvalue weighted by Gasteiger charge is -2.09. The van der Waals surface area contributed by atoms with Crippen LogP contribution in [-0.2, 0) is 9.59 Å². The summed E-state index contributed by atoms with van der Waals surface area (Å²) < 4.78 is 11.0. The van der Waals surface area contributed by atoms with E-state index in [-0.39, 0.29) is 25.0 Å². The van der Waals surface area contributed by atoms with Crippen molar-refractivity contribution in [1.29, 1.82) is 0 Å². The summed E-state index contributed by atoms with van der Waals surface area (Å²) in [6.07, 6.45) is 0. The van der Waals surface area contributed by atoms with Crippen molar-refractivity contribution >= 4 is 11.8 Å². The first-order chi connectivity index (χ1) is 11.7. The van der Waals surface area contributed by atoms with E-state index in [9.17, 15) is 9.59 Å². The normalized spacial score (nSPS) is 9.88. The second-order valence-electron chi connectivity index (χ2n) is 4.91. The Morgan fingerprint density at radius 1 is 0.833 bits per heavy atom. The summed E-state index contributed by atoms with van der Waals surface area (Å²) in [5.74, 6) is 1.38. The standard InChI is InChI=1S/C18H20N2O4/c1-2-19-17(21)12-20-18(22)13-23-14-8-10-16(11-9-14)24-15-6-4-3-5-7-15/h3-11H,2,12-13H2,1H3,(H,19,21)(H,20,22). The fourth-order valence-corrected chi connectivity index (χ4v) is 1.87. The van der Waals surface area contributed by atoms with Crippen LogP contribution in [-0.4, -0.2) is 31.5 Å². The zero-order valence-electron chi connectivity index (χ0n) is 13.5. The number of nitrogens with one attached hydrogen (secondary N) is 2. The van der Waals surface area contributed by atoms with Gasteiger partial charge in [-0.15, -0.1) is 0 Å². The molecule has 0 saturated carbocycles. The van der Waals surface area contributed by atoms with Crippen LogP contribution in [0, 0.1) is 0 Å². The number of para-hydroxylation sites is 1. The zero-order valence-corrected chi connectivity index (χ0v) is 13.5. The molecule has 2 amide bonds. The Labute approximate surface area is 140 Å². The van der Waals surface area contributed by atoms with Gasteiger partial charge in [0.05, 0.1) is 6.54 Å². The largest absolute Gasteiger partial charge is 0.484 e. The van der Waals surface area contributed by atoms with E-state index in [1.807, 2.05) is 37.3 Å². The van der Waals surface area contributed by atoms with Crippen LogP contribution in [0.2, 0.25) is 0 Å². The molecule has 0 aliphatic rings. The van der Waals surface area contributed by atoms with Gasteiger partial charge in [-0.25, -0.2) is 0 Å². The lowest BCUT2D eigenvalue weighted by atomic mass is 10.3. The molecule has 2 aromatic rings. The number of amides is 2. The van der Waals surface area contributed by atoms with Crippen LogP contribution in [0.4, 0.5) is 0 Å². The fourth-order valence-electron chi connectivity index (χ4n) is 1.87. The molecule has 0 radical (unpaired) electrons. The van der Waals surface area contributed by atoms with Crippen LogP contribution in [0.1, 0.15) is 6.92 Å². The predicted octanol–water partition coefficient (Wildman–Crippen LogP) is 2.11. The predicted molar refractivity (Wildman–Crippen MR) is 90.1 cm³/mol. The van der Waals surface area contributed by atoms with E-state index in [1.165, 1.54) is 0 Å². The summed E-state index contributed by atoms with van der Waals surface area (Å²) in [5.41, 5.74) is 0. The summed E-state index contributed by atoms with van der Waals surface area (Å²) in [6, 6.07) is 16.4. The van der Waals surface area contributed by atoms with Gasteiger partial charge in [0.1, 0.15) is 17.2 Å². The van der Waals surface area contributed by atoms with Crippen molar-refractivity contribution in [3.63, 3.8) is 0 Å². The lowest BCUT2D eigenvalue weighted by molar-refractivity contribution is -0.127. The van der Waals surface area contributed by atoms with E-state index in [0.717, 1.165) is 5.75 Å². The Hall–Kier alpha value is -3.02. The summed E-state index contributed by atoms with van der Waals surface area (Å²) in [5, 5.41) is 5.07. The highest BCUT2D eigenvalue weighted by molar-refractivity contribution is 5.85. The van der Waals surface area contributed by atoms with Gasteiger partial charge >= 0.3 is 0 Å². The van der Waals surface area contributed by atoms with Crippen molar-refractivity contribution in [3.8, 4) is 17.2 Å². The molecule has 0 atom stereocenters. The SMILES string of the molecule is CCNC(=O)CNC(=O)COc1ccc(Oc2ccccc2)cc1. The highest BCUT2D eigenvalue weighted by Gasteiger charge is 2.06. The highest BCUT2D eigenvalue weighted by atomic mass is 16.5. The van der Waals surface area contributed by atoms with E-state index < -0.39 is 0 Å². The molecule has 0 fully saturated rings. The van der Waals surface area contributed by atoms with Gasteiger partial charge in [0.15, 0.2) is 6.61 Å². The van der Waals surface area contributed by atoms with Gasteiger partial charge in [0, 0.05) is 6.54 Å². The van der Waals surface area contributed by atoms with Crippen LogP contribution in [0.5, 0.6) is 17.2 Å². The number of carbonyl (C=O) groups excluding carboxylic acids is 2. The average Bonchev–Trinajstić information content (AvgIpc) is 2.60. The molecule has 126 valence electrons. The quantitative estimate of drug-likeness (QED) is 0.778. The maximum atomic E-state index is 11.6. The summed E-state index contributed by atoms with van der Waals surface area (Å²) in [6.45, 7) is 2.13. The van der Waals surface area contributed by atoms with Gasteiger partial charge in [0.2, 0.25) is 5.91 Å². The number of ether oxygens (including phenoxy) is 2. The molecule has 0 spiro atoms. The van der Waals surface area contributed by atoms with E-state index in [4.69, 9.17) is 9.47 Å². The van der Waals surface area contributed by atoms with Crippen LogP contribution in [0.3, 0.4) is 0 Å². The van der Waals surface area contributed by atoms with Crippen LogP contribution < -0.4 is 20.1 Å². The Kier molecular flexibility index (Phi) is 6.64. The molecule has 0 aliphatic carbocycles. The summed E-state index contributed by atoms with van der Waals surface area (Å²) >= 11 is 0. The average molecular weight is 328 g/mol. The molecular formula is C18H20N2O4. The first-order valence-corrected chi connectivity index (χ1v) is 7.66. The molecule has 2 rings (SSSR count). The van der Waals surface area contributed by atoms with E-state index in [0.29, 0.717) is 18.0 Å². The van der Waals surface area contributed by atoms with E-state index in [1.54, 1.807) is 24.3 Å². The van der Waals surface area contributed by atoms with Crippen molar-refractivity contribution in [2.75, 3.05) is 19.7 Å².